The lowest BCUT2D eigenvalue weighted by Gasteiger charge is -2.38. The summed E-state index contributed by atoms with van der Waals surface area (Å²) in [6, 6.07) is 11.6. The van der Waals surface area contributed by atoms with Crippen molar-refractivity contribution in [3.8, 4) is 5.75 Å². The van der Waals surface area contributed by atoms with Gasteiger partial charge in [-0.1, -0.05) is 56.9 Å². The van der Waals surface area contributed by atoms with Crippen molar-refractivity contribution in [2.75, 3.05) is 13.2 Å². The van der Waals surface area contributed by atoms with Crippen molar-refractivity contribution in [2.24, 2.45) is 11.8 Å². The van der Waals surface area contributed by atoms with Crippen LogP contribution in [0.5, 0.6) is 5.75 Å². The van der Waals surface area contributed by atoms with E-state index >= 15 is 0 Å². The SMILES string of the molecule is CCCC1CCC(C2CCC(c3ccc(CC(=O)c4ccc(OCC)c(F)c4C)cc3)CO2)CC1. The number of ether oxygens (including phenoxy) is 2. The molecule has 4 heteroatoms. The van der Waals surface area contributed by atoms with Gasteiger partial charge in [0, 0.05) is 17.9 Å². The molecule has 1 saturated carbocycles. The third kappa shape index (κ3) is 6.33. The Hall–Kier alpha value is -2.20. The first-order chi connectivity index (χ1) is 17.0. The van der Waals surface area contributed by atoms with Gasteiger partial charge < -0.3 is 9.47 Å². The number of rotatable bonds is 9. The normalized spacial score (nSPS) is 24.8. The summed E-state index contributed by atoms with van der Waals surface area (Å²) in [6.07, 6.45) is 11.1. The van der Waals surface area contributed by atoms with Crippen LogP contribution in [0.15, 0.2) is 36.4 Å². The monoisotopic (exact) mass is 480 g/mol. The maximum absolute atomic E-state index is 14.5. The zero-order valence-electron chi connectivity index (χ0n) is 21.7. The molecule has 2 aromatic rings. The summed E-state index contributed by atoms with van der Waals surface area (Å²) in [6.45, 7) is 6.94. The van der Waals surface area contributed by atoms with E-state index in [2.05, 4.69) is 19.1 Å². The third-order valence-corrected chi connectivity index (χ3v) is 8.19. The van der Waals surface area contributed by atoms with Crippen LogP contribution < -0.4 is 4.74 Å². The Morgan fingerprint density at radius 3 is 2.37 bits per heavy atom. The molecule has 4 rings (SSSR count). The van der Waals surface area contributed by atoms with Crippen molar-refractivity contribution < 1.29 is 18.7 Å². The number of carbonyl (C=O) groups is 1. The van der Waals surface area contributed by atoms with E-state index in [1.165, 1.54) is 50.5 Å². The number of hydrogen-bond acceptors (Lipinski definition) is 3. The van der Waals surface area contributed by atoms with Crippen LogP contribution in [-0.4, -0.2) is 25.1 Å². The fourth-order valence-corrected chi connectivity index (χ4v) is 6.08. The quantitative estimate of drug-likeness (QED) is 0.343. The molecule has 2 atom stereocenters. The van der Waals surface area contributed by atoms with Crippen molar-refractivity contribution in [1.82, 2.24) is 0 Å². The molecule has 0 radical (unpaired) electrons. The molecule has 2 aromatic carbocycles. The van der Waals surface area contributed by atoms with Gasteiger partial charge in [-0.15, -0.1) is 0 Å². The zero-order chi connectivity index (χ0) is 24.8. The van der Waals surface area contributed by atoms with Gasteiger partial charge in [-0.25, -0.2) is 4.39 Å². The second-order valence-corrected chi connectivity index (χ2v) is 10.5. The fraction of sp³-hybridized carbons (Fsp3) is 0.581. The largest absolute Gasteiger partial charge is 0.491 e. The van der Waals surface area contributed by atoms with E-state index in [-0.39, 0.29) is 18.0 Å². The zero-order valence-corrected chi connectivity index (χ0v) is 21.7. The van der Waals surface area contributed by atoms with Gasteiger partial charge in [-0.05, 0) is 80.2 Å². The molecule has 3 nitrogen and oxygen atoms in total. The first kappa shape index (κ1) is 25.9. The van der Waals surface area contributed by atoms with E-state index in [9.17, 15) is 9.18 Å². The molecule has 190 valence electrons. The second kappa shape index (κ2) is 12.2. The molecule has 2 aliphatic rings. The Kier molecular flexibility index (Phi) is 8.99. The molecule has 0 spiro atoms. The Bertz CT molecular complexity index is 967. The van der Waals surface area contributed by atoms with Gasteiger partial charge >= 0.3 is 0 Å². The van der Waals surface area contributed by atoms with E-state index in [0.29, 0.717) is 29.8 Å². The van der Waals surface area contributed by atoms with Gasteiger partial charge in [-0.2, -0.15) is 0 Å². The predicted octanol–water partition coefficient (Wildman–Crippen LogP) is 7.83. The molecule has 1 heterocycles. The van der Waals surface area contributed by atoms with Crippen LogP contribution in [0.25, 0.3) is 0 Å². The third-order valence-electron chi connectivity index (χ3n) is 8.19. The Labute approximate surface area is 210 Å². The van der Waals surface area contributed by atoms with Crippen molar-refractivity contribution in [3.05, 3.63) is 64.5 Å². The summed E-state index contributed by atoms with van der Waals surface area (Å²) < 4.78 is 26.2. The summed E-state index contributed by atoms with van der Waals surface area (Å²) in [5, 5.41) is 0. The van der Waals surface area contributed by atoms with E-state index in [0.717, 1.165) is 30.4 Å². The molecule has 1 aliphatic carbocycles. The van der Waals surface area contributed by atoms with Gasteiger partial charge in [0.1, 0.15) is 0 Å². The van der Waals surface area contributed by atoms with Gasteiger partial charge in [0.05, 0.1) is 19.3 Å². The number of ketones is 1. The Morgan fingerprint density at radius 2 is 1.74 bits per heavy atom. The van der Waals surface area contributed by atoms with Crippen LogP contribution in [0.2, 0.25) is 0 Å². The highest BCUT2D eigenvalue weighted by molar-refractivity contribution is 5.99. The summed E-state index contributed by atoms with van der Waals surface area (Å²) in [5.41, 5.74) is 3.01. The van der Waals surface area contributed by atoms with E-state index in [1.54, 1.807) is 19.1 Å². The van der Waals surface area contributed by atoms with Crippen LogP contribution in [0.3, 0.4) is 0 Å². The van der Waals surface area contributed by atoms with Crippen molar-refractivity contribution in [1.29, 1.82) is 0 Å². The predicted molar refractivity (Wildman–Crippen MR) is 139 cm³/mol. The lowest BCUT2D eigenvalue weighted by Crippen LogP contribution is -2.33. The van der Waals surface area contributed by atoms with E-state index in [4.69, 9.17) is 9.47 Å². The number of hydrogen-bond donors (Lipinski definition) is 0. The number of Topliss-reactive ketones (excluding diaryl/α,β-unsaturated/α-hetero) is 1. The smallest absolute Gasteiger partial charge is 0.168 e. The molecule has 0 N–H and O–H groups in total. The second-order valence-electron chi connectivity index (χ2n) is 10.5. The maximum atomic E-state index is 14.5. The van der Waals surface area contributed by atoms with Crippen LogP contribution in [0.1, 0.15) is 98.2 Å². The minimum absolute atomic E-state index is 0.0744. The first-order valence-corrected chi connectivity index (χ1v) is 13.7. The maximum Gasteiger partial charge on any atom is 0.168 e. The topological polar surface area (TPSA) is 35.5 Å². The van der Waals surface area contributed by atoms with Gasteiger partial charge in [0.15, 0.2) is 17.3 Å². The first-order valence-electron chi connectivity index (χ1n) is 13.7. The molecule has 1 saturated heterocycles. The van der Waals surface area contributed by atoms with Crippen LogP contribution in [-0.2, 0) is 11.2 Å². The minimum Gasteiger partial charge on any atom is -0.491 e. The van der Waals surface area contributed by atoms with Gasteiger partial charge in [-0.3, -0.25) is 4.79 Å². The van der Waals surface area contributed by atoms with Crippen molar-refractivity contribution >= 4 is 5.78 Å². The molecule has 35 heavy (non-hydrogen) atoms. The minimum atomic E-state index is -0.447. The van der Waals surface area contributed by atoms with Crippen LogP contribution in [0, 0.1) is 24.6 Å². The summed E-state index contributed by atoms with van der Waals surface area (Å²) in [4.78, 5) is 12.9. The Balaban J connectivity index is 1.29. The molecular formula is C31H41FO3. The highest BCUT2D eigenvalue weighted by atomic mass is 19.1. The van der Waals surface area contributed by atoms with Crippen molar-refractivity contribution in [3.63, 3.8) is 0 Å². The highest BCUT2D eigenvalue weighted by Gasteiger charge is 2.32. The fourth-order valence-electron chi connectivity index (χ4n) is 6.08. The number of benzene rings is 2. The van der Waals surface area contributed by atoms with Crippen LogP contribution in [0.4, 0.5) is 4.39 Å². The highest BCUT2D eigenvalue weighted by Crippen LogP contribution is 2.39. The summed E-state index contributed by atoms with van der Waals surface area (Å²) >= 11 is 0. The molecule has 1 aliphatic heterocycles. The molecule has 0 bridgehead atoms. The molecule has 0 aromatic heterocycles. The number of carbonyl (C=O) groups excluding carboxylic acids is 1. The van der Waals surface area contributed by atoms with Crippen molar-refractivity contribution in [2.45, 2.75) is 90.6 Å². The number of halogens is 1. The molecule has 2 fully saturated rings. The molecule has 2 unspecified atom stereocenters. The molecule has 0 amide bonds. The lowest BCUT2D eigenvalue weighted by molar-refractivity contribution is -0.0435. The van der Waals surface area contributed by atoms with Crippen LogP contribution >= 0.6 is 0 Å². The van der Waals surface area contributed by atoms with E-state index < -0.39 is 5.82 Å². The average Bonchev–Trinajstić information content (AvgIpc) is 2.88. The summed E-state index contributed by atoms with van der Waals surface area (Å²) in [7, 11) is 0. The van der Waals surface area contributed by atoms with Gasteiger partial charge in [0.2, 0.25) is 0 Å². The van der Waals surface area contributed by atoms with E-state index in [1.807, 2.05) is 19.1 Å². The molecular weight excluding hydrogens is 439 g/mol. The van der Waals surface area contributed by atoms with Gasteiger partial charge in [0.25, 0.3) is 0 Å². The average molecular weight is 481 g/mol. The Morgan fingerprint density at radius 1 is 1.00 bits per heavy atom. The summed E-state index contributed by atoms with van der Waals surface area (Å²) in [5.74, 6) is 1.79. The lowest BCUT2D eigenvalue weighted by atomic mass is 9.75. The standard InChI is InChI=1S/C31H41FO3/c1-4-6-22-7-13-25(14-8-22)29-17-15-26(20-35-29)24-11-9-23(10-12-24)19-28(33)27-16-18-30(34-5-2)31(32)21(27)3/h9-12,16,18,22,25-26,29H,4-8,13-15,17,19-20H2,1-3H3.